The van der Waals surface area contributed by atoms with Gasteiger partial charge in [-0.2, -0.15) is 0 Å². The zero-order chi connectivity index (χ0) is 21.9. The standard InChI is InChI=1S/C24H34N4O2/c1-6-25-24(27-15-16-30-22-18(2)9-7-10-19(22)3)26-14-13-20-11-8-12-21(17-20)23(29)28(4)5/h7-12,17H,6,13-16H2,1-5H3,(H2,25,26,27). The number of aliphatic imine (C=N–C) groups is 1. The van der Waals surface area contributed by atoms with Crippen LogP contribution in [0.2, 0.25) is 0 Å². The Morgan fingerprint density at radius 2 is 1.77 bits per heavy atom. The fourth-order valence-corrected chi connectivity index (χ4v) is 3.11. The summed E-state index contributed by atoms with van der Waals surface area (Å²) in [6, 6.07) is 13.9. The van der Waals surface area contributed by atoms with Gasteiger partial charge in [0.05, 0.1) is 6.54 Å². The Bertz CT molecular complexity index is 842. The van der Waals surface area contributed by atoms with Gasteiger partial charge >= 0.3 is 0 Å². The third-order valence-electron chi connectivity index (χ3n) is 4.64. The van der Waals surface area contributed by atoms with Gasteiger partial charge in [-0.05, 0) is 56.0 Å². The summed E-state index contributed by atoms with van der Waals surface area (Å²) >= 11 is 0. The summed E-state index contributed by atoms with van der Waals surface area (Å²) in [6.45, 7) is 8.80. The SMILES string of the molecule is CCNC(=NCCc1cccc(C(=O)N(C)C)c1)NCCOc1c(C)cccc1C. The van der Waals surface area contributed by atoms with Crippen LogP contribution in [0.3, 0.4) is 0 Å². The van der Waals surface area contributed by atoms with Crippen LogP contribution in [-0.2, 0) is 6.42 Å². The van der Waals surface area contributed by atoms with Crippen molar-refractivity contribution in [1.82, 2.24) is 15.5 Å². The molecular weight excluding hydrogens is 376 g/mol. The number of hydrogen-bond donors (Lipinski definition) is 2. The Morgan fingerprint density at radius 3 is 2.43 bits per heavy atom. The number of para-hydroxylation sites is 1. The second kappa shape index (κ2) is 11.9. The van der Waals surface area contributed by atoms with Gasteiger partial charge in [-0.25, -0.2) is 0 Å². The van der Waals surface area contributed by atoms with E-state index in [1.54, 1.807) is 19.0 Å². The van der Waals surface area contributed by atoms with Crippen molar-refractivity contribution in [2.24, 2.45) is 4.99 Å². The normalized spacial score (nSPS) is 11.2. The molecule has 2 aromatic rings. The summed E-state index contributed by atoms with van der Waals surface area (Å²) in [4.78, 5) is 18.4. The van der Waals surface area contributed by atoms with E-state index in [2.05, 4.69) is 41.6 Å². The molecule has 2 N–H and O–H groups in total. The largest absolute Gasteiger partial charge is 0.491 e. The van der Waals surface area contributed by atoms with Crippen molar-refractivity contribution in [2.75, 3.05) is 40.3 Å². The molecule has 0 aromatic heterocycles. The van der Waals surface area contributed by atoms with Crippen LogP contribution in [0.15, 0.2) is 47.5 Å². The zero-order valence-corrected chi connectivity index (χ0v) is 18.8. The van der Waals surface area contributed by atoms with Gasteiger partial charge in [0.1, 0.15) is 12.4 Å². The van der Waals surface area contributed by atoms with Crippen LogP contribution in [0.4, 0.5) is 0 Å². The van der Waals surface area contributed by atoms with Crippen LogP contribution >= 0.6 is 0 Å². The van der Waals surface area contributed by atoms with Crippen molar-refractivity contribution in [3.8, 4) is 5.75 Å². The van der Waals surface area contributed by atoms with Crippen LogP contribution in [0.5, 0.6) is 5.75 Å². The number of benzene rings is 2. The van der Waals surface area contributed by atoms with Crippen molar-refractivity contribution >= 4 is 11.9 Å². The fraction of sp³-hybridized carbons (Fsp3) is 0.417. The van der Waals surface area contributed by atoms with E-state index in [1.807, 2.05) is 37.3 Å². The van der Waals surface area contributed by atoms with Crippen molar-refractivity contribution in [3.63, 3.8) is 0 Å². The molecule has 0 unspecified atom stereocenters. The summed E-state index contributed by atoms with van der Waals surface area (Å²) in [5.74, 6) is 1.73. The number of carbonyl (C=O) groups is 1. The van der Waals surface area contributed by atoms with Crippen LogP contribution in [0, 0.1) is 13.8 Å². The lowest BCUT2D eigenvalue weighted by molar-refractivity contribution is 0.0827. The van der Waals surface area contributed by atoms with E-state index >= 15 is 0 Å². The summed E-state index contributed by atoms with van der Waals surface area (Å²) in [5.41, 5.74) is 4.09. The monoisotopic (exact) mass is 410 g/mol. The Labute approximate surface area is 180 Å². The molecule has 0 saturated carbocycles. The van der Waals surface area contributed by atoms with Gasteiger partial charge in [0.15, 0.2) is 5.96 Å². The lowest BCUT2D eigenvalue weighted by atomic mass is 10.1. The summed E-state index contributed by atoms with van der Waals surface area (Å²) in [5, 5.41) is 6.57. The molecule has 0 spiro atoms. The second-order valence-corrected chi connectivity index (χ2v) is 7.41. The lowest BCUT2D eigenvalue weighted by Crippen LogP contribution is -2.39. The van der Waals surface area contributed by atoms with Crippen LogP contribution in [-0.4, -0.2) is 57.1 Å². The highest BCUT2D eigenvalue weighted by Gasteiger charge is 2.08. The molecule has 0 aliphatic carbocycles. The maximum absolute atomic E-state index is 12.1. The van der Waals surface area contributed by atoms with Crippen molar-refractivity contribution in [3.05, 3.63) is 64.7 Å². The van der Waals surface area contributed by atoms with Crippen molar-refractivity contribution in [2.45, 2.75) is 27.2 Å². The van der Waals surface area contributed by atoms with Gasteiger partial charge in [-0.15, -0.1) is 0 Å². The predicted octanol–water partition coefficient (Wildman–Crippen LogP) is 3.18. The van der Waals surface area contributed by atoms with Gasteiger partial charge < -0.3 is 20.3 Å². The number of aryl methyl sites for hydroxylation is 2. The van der Waals surface area contributed by atoms with E-state index in [9.17, 15) is 4.79 Å². The number of guanidine groups is 1. The average molecular weight is 411 g/mol. The molecule has 0 aliphatic heterocycles. The van der Waals surface area contributed by atoms with Gasteiger partial charge in [-0.1, -0.05) is 30.3 Å². The quantitative estimate of drug-likeness (QED) is 0.379. The minimum absolute atomic E-state index is 0.0132. The highest BCUT2D eigenvalue weighted by atomic mass is 16.5. The maximum atomic E-state index is 12.1. The van der Waals surface area contributed by atoms with E-state index in [1.165, 1.54) is 0 Å². The first-order chi connectivity index (χ1) is 14.4. The first kappa shape index (κ1) is 23.3. The lowest BCUT2D eigenvalue weighted by Gasteiger charge is -2.14. The second-order valence-electron chi connectivity index (χ2n) is 7.41. The van der Waals surface area contributed by atoms with Crippen LogP contribution < -0.4 is 15.4 Å². The maximum Gasteiger partial charge on any atom is 0.253 e. The number of hydrogen-bond acceptors (Lipinski definition) is 3. The third-order valence-corrected chi connectivity index (χ3v) is 4.64. The fourth-order valence-electron chi connectivity index (χ4n) is 3.11. The molecule has 162 valence electrons. The number of nitrogens with one attached hydrogen (secondary N) is 2. The molecule has 1 amide bonds. The number of nitrogens with zero attached hydrogens (tertiary/aromatic N) is 2. The Hall–Kier alpha value is -3.02. The highest BCUT2D eigenvalue weighted by Crippen LogP contribution is 2.21. The molecule has 0 saturated heterocycles. The molecule has 0 atom stereocenters. The van der Waals surface area contributed by atoms with E-state index in [-0.39, 0.29) is 5.91 Å². The molecule has 0 fully saturated rings. The number of ether oxygens (including phenoxy) is 1. The molecule has 6 heteroatoms. The Morgan fingerprint density at radius 1 is 1.07 bits per heavy atom. The Balaban J connectivity index is 1.86. The minimum atomic E-state index is 0.0132. The van der Waals surface area contributed by atoms with Gasteiger partial charge in [-0.3, -0.25) is 9.79 Å². The van der Waals surface area contributed by atoms with Gasteiger partial charge in [0.2, 0.25) is 0 Å². The molecule has 6 nitrogen and oxygen atoms in total. The van der Waals surface area contributed by atoms with Gasteiger partial charge in [0.25, 0.3) is 5.91 Å². The summed E-state index contributed by atoms with van der Waals surface area (Å²) in [7, 11) is 3.52. The molecular formula is C24H34N4O2. The van der Waals surface area contributed by atoms with E-state index < -0.39 is 0 Å². The van der Waals surface area contributed by atoms with Crippen LogP contribution in [0.25, 0.3) is 0 Å². The molecule has 0 aliphatic rings. The summed E-state index contributed by atoms with van der Waals surface area (Å²) < 4.78 is 5.94. The number of carbonyl (C=O) groups excluding carboxylic acids is 1. The molecule has 30 heavy (non-hydrogen) atoms. The minimum Gasteiger partial charge on any atom is -0.491 e. The predicted molar refractivity (Wildman–Crippen MR) is 124 cm³/mol. The number of amides is 1. The van der Waals surface area contributed by atoms with Crippen molar-refractivity contribution in [1.29, 1.82) is 0 Å². The molecule has 0 bridgehead atoms. The smallest absolute Gasteiger partial charge is 0.253 e. The molecule has 0 heterocycles. The molecule has 0 radical (unpaired) electrons. The van der Waals surface area contributed by atoms with Crippen LogP contribution in [0.1, 0.15) is 34.0 Å². The van der Waals surface area contributed by atoms with E-state index in [4.69, 9.17) is 4.74 Å². The van der Waals surface area contributed by atoms with Crippen molar-refractivity contribution < 1.29 is 9.53 Å². The first-order valence-corrected chi connectivity index (χ1v) is 10.4. The average Bonchev–Trinajstić information content (AvgIpc) is 2.72. The molecule has 2 aromatic carbocycles. The Kier molecular flexibility index (Phi) is 9.19. The summed E-state index contributed by atoms with van der Waals surface area (Å²) in [6.07, 6.45) is 0.768. The number of rotatable bonds is 9. The molecule has 2 rings (SSSR count). The first-order valence-electron chi connectivity index (χ1n) is 10.4. The van der Waals surface area contributed by atoms with E-state index in [0.717, 1.165) is 41.4 Å². The van der Waals surface area contributed by atoms with E-state index in [0.29, 0.717) is 25.3 Å². The third kappa shape index (κ3) is 7.10. The van der Waals surface area contributed by atoms with Gasteiger partial charge in [0, 0.05) is 32.7 Å². The topological polar surface area (TPSA) is 66.0 Å². The zero-order valence-electron chi connectivity index (χ0n) is 18.8. The highest BCUT2D eigenvalue weighted by molar-refractivity contribution is 5.94.